The van der Waals surface area contributed by atoms with Crippen molar-refractivity contribution in [2.75, 3.05) is 6.61 Å². The monoisotopic (exact) mass is 324 g/mol. The molecule has 0 heterocycles. The first kappa shape index (κ1) is 14.0. The van der Waals surface area contributed by atoms with Crippen LogP contribution in [0.5, 0.6) is 5.75 Å². The maximum atomic E-state index is 13.2. The zero-order valence-electron chi connectivity index (χ0n) is 10.4. The van der Waals surface area contributed by atoms with Gasteiger partial charge in [-0.2, -0.15) is 0 Å². The first-order valence-corrected chi connectivity index (χ1v) is 6.63. The van der Waals surface area contributed by atoms with Crippen molar-refractivity contribution in [1.29, 1.82) is 0 Å². The average molecular weight is 325 g/mol. The third-order valence-corrected chi connectivity index (χ3v) is 3.21. The van der Waals surface area contributed by atoms with Crippen molar-refractivity contribution >= 4 is 15.9 Å². The van der Waals surface area contributed by atoms with Gasteiger partial charge >= 0.3 is 0 Å². The van der Waals surface area contributed by atoms with E-state index in [-0.39, 0.29) is 12.4 Å². The highest BCUT2D eigenvalue weighted by Crippen LogP contribution is 2.24. The molecule has 0 radical (unpaired) electrons. The second-order valence-corrected chi connectivity index (χ2v) is 5.45. The molecule has 2 rings (SSSR count). The topological polar surface area (TPSA) is 29.5 Å². The number of hydrogen-bond acceptors (Lipinski definition) is 2. The van der Waals surface area contributed by atoms with Gasteiger partial charge in [0.1, 0.15) is 23.8 Å². The van der Waals surface area contributed by atoms with Gasteiger partial charge in [-0.1, -0.05) is 46.3 Å². The van der Waals surface area contributed by atoms with Crippen molar-refractivity contribution in [2.45, 2.75) is 12.5 Å². The van der Waals surface area contributed by atoms with Crippen molar-refractivity contribution in [3.05, 3.63) is 64.4 Å². The first-order valence-electron chi connectivity index (χ1n) is 5.84. The second-order valence-electron chi connectivity index (χ2n) is 4.53. The predicted octanol–water partition coefficient (Wildman–Crippen LogP) is 3.87. The molecule has 0 saturated heterocycles. The minimum Gasteiger partial charge on any atom is -0.490 e. The summed E-state index contributed by atoms with van der Waals surface area (Å²) in [6.07, 6.45) is 0. The predicted molar refractivity (Wildman–Crippen MR) is 75.6 cm³/mol. The summed E-state index contributed by atoms with van der Waals surface area (Å²) in [5, 5.41) is 10.4. The number of ether oxygens (including phenoxy) is 1. The Morgan fingerprint density at radius 3 is 2.53 bits per heavy atom. The van der Waals surface area contributed by atoms with Gasteiger partial charge in [0.2, 0.25) is 0 Å². The van der Waals surface area contributed by atoms with Gasteiger partial charge in [-0.3, -0.25) is 0 Å². The van der Waals surface area contributed by atoms with E-state index in [9.17, 15) is 9.50 Å². The Labute approximate surface area is 120 Å². The van der Waals surface area contributed by atoms with Crippen LogP contribution in [0.4, 0.5) is 4.39 Å². The summed E-state index contributed by atoms with van der Waals surface area (Å²) >= 11 is 3.20. The lowest BCUT2D eigenvalue weighted by Crippen LogP contribution is -2.29. The molecular formula is C15H14BrFO2. The van der Waals surface area contributed by atoms with Crippen LogP contribution in [-0.4, -0.2) is 11.7 Å². The van der Waals surface area contributed by atoms with Crippen molar-refractivity contribution in [2.24, 2.45) is 0 Å². The van der Waals surface area contributed by atoms with Crippen LogP contribution in [-0.2, 0) is 5.60 Å². The lowest BCUT2D eigenvalue weighted by atomic mass is 9.97. The van der Waals surface area contributed by atoms with Crippen molar-refractivity contribution in [1.82, 2.24) is 0 Å². The van der Waals surface area contributed by atoms with E-state index < -0.39 is 5.60 Å². The van der Waals surface area contributed by atoms with E-state index in [1.807, 2.05) is 30.3 Å². The van der Waals surface area contributed by atoms with Crippen LogP contribution in [0.3, 0.4) is 0 Å². The maximum absolute atomic E-state index is 13.2. The van der Waals surface area contributed by atoms with Crippen molar-refractivity contribution in [3.8, 4) is 5.75 Å². The van der Waals surface area contributed by atoms with E-state index in [1.165, 1.54) is 12.1 Å². The number of benzene rings is 2. The quantitative estimate of drug-likeness (QED) is 0.924. The van der Waals surface area contributed by atoms with Gasteiger partial charge in [0, 0.05) is 10.5 Å². The van der Waals surface area contributed by atoms with Gasteiger partial charge in [-0.25, -0.2) is 4.39 Å². The largest absolute Gasteiger partial charge is 0.490 e. The molecule has 1 N–H and O–H groups in total. The van der Waals surface area contributed by atoms with Crippen LogP contribution >= 0.6 is 15.9 Å². The smallest absolute Gasteiger partial charge is 0.128 e. The van der Waals surface area contributed by atoms with Crippen LogP contribution < -0.4 is 4.74 Å². The number of rotatable bonds is 4. The molecule has 0 aromatic heterocycles. The van der Waals surface area contributed by atoms with E-state index >= 15 is 0 Å². The average Bonchev–Trinajstić information content (AvgIpc) is 2.37. The van der Waals surface area contributed by atoms with Crippen LogP contribution in [0, 0.1) is 5.82 Å². The molecule has 0 bridgehead atoms. The molecule has 100 valence electrons. The highest BCUT2D eigenvalue weighted by molar-refractivity contribution is 9.10. The summed E-state index contributed by atoms with van der Waals surface area (Å²) in [5.41, 5.74) is -0.370. The van der Waals surface area contributed by atoms with Gasteiger partial charge in [0.15, 0.2) is 0 Å². The standard InChI is InChI=1S/C15H14BrFO2/c1-15(18,11-5-3-2-4-6-11)10-19-14-8-12(16)7-13(17)9-14/h2-9,18H,10H2,1H3. The van der Waals surface area contributed by atoms with E-state index in [4.69, 9.17) is 4.74 Å². The molecule has 2 aromatic rings. The van der Waals surface area contributed by atoms with E-state index in [2.05, 4.69) is 15.9 Å². The molecule has 4 heteroatoms. The van der Waals surface area contributed by atoms with E-state index in [0.29, 0.717) is 10.2 Å². The normalized spacial score (nSPS) is 13.9. The Hall–Kier alpha value is -1.39. The molecule has 1 unspecified atom stereocenters. The first-order chi connectivity index (χ1) is 8.97. The Bertz CT molecular complexity index is 535. The molecule has 0 saturated carbocycles. The molecule has 1 atom stereocenters. The summed E-state index contributed by atoms with van der Waals surface area (Å²) in [4.78, 5) is 0. The molecule has 0 aliphatic heterocycles. The Balaban J connectivity index is 2.09. The molecular weight excluding hydrogens is 311 g/mol. The Morgan fingerprint density at radius 1 is 1.21 bits per heavy atom. The maximum Gasteiger partial charge on any atom is 0.128 e. The van der Waals surface area contributed by atoms with Gasteiger partial charge in [-0.15, -0.1) is 0 Å². The second kappa shape index (κ2) is 5.72. The summed E-state index contributed by atoms with van der Waals surface area (Å²) < 4.78 is 19.3. The fourth-order valence-electron chi connectivity index (χ4n) is 1.72. The third-order valence-electron chi connectivity index (χ3n) is 2.75. The zero-order valence-corrected chi connectivity index (χ0v) is 12.0. The molecule has 0 aliphatic rings. The van der Waals surface area contributed by atoms with Gasteiger partial charge < -0.3 is 9.84 Å². The van der Waals surface area contributed by atoms with Gasteiger partial charge in [0.25, 0.3) is 0 Å². The summed E-state index contributed by atoms with van der Waals surface area (Å²) in [6, 6.07) is 13.5. The molecule has 2 aromatic carbocycles. The van der Waals surface area contributed by atoms with Gasteiger partial charge in [0.05, 0.1) is 0 Å². The molecule has 0 aliphatic carbocycles. The zero-order chi connectivity index (χ0) is 13.9. The fraction of sp³-hybridized carbons (Fsp3) is 0.200. The van der Waals surface area contributed by atoms with Crippen molar-refractivity contribution in [3.63, 3.8) is 0 Å². The van der Waals surface area contributed by atoms with E-state index in [1.54, 1.807) is 13.0 Å². The van der Waals surface area contributed by atoms with Crippen molar-refractivity contribution < 1.29 is 14.2 Å². The van der Waals surface area contributed by atoms with Crippen LogP contribution in [0.2, 0.25) is 0 Å². The van der Waals surface area contributed by atoms with Crippen LogP contribution in [0.1, 0.15) is 12.5 Å². The summed E-state index contributed by atoms with van der Waals surface area (Å²) in [7, 11) is 0. The molecule has 2 nitrogen and oxygen atoms in total. The number of aliphatic hydroxyl groups is 1. The molecule has 0 fully saturated rings. The highest BCUT2D eigenvalue weighted by atomic mass is 79.9. The Morgan fingerprint density at radius 2 is 1.89 bits per heavy atom. The lowest BCUT2D eigenvalue weighted by Gasteiger charge is -2.24. The SMILES string of the molecule is CC(O)(COc1cc(F)cc(Br)c1)c1ccccc1. The minimum absolute atomic E-state index is 0.0485. The van der Waals surface area contributed by atoms with Crippen LogP contribution in [0.25, 0.3) is 0 Å². The molecule has 0 amide bonds. The Kier molecular flexibility index (Phi) is 4.22. The third kappa shape index (κ3) is 3.78. The number of hydrogen-bond donors (Lipinski definition) is 1. The van der Waals surface area contributed by atoms with Crippen LogP contribution in [0.15, 0.2) is 53.0 Å². The molecule has 19 heavy (non-hydrogen) atoms. The lowest BCUT2D eigenvalue weighted by molar-refractivity contribution is 0.00748. The highest BCUT2D eigenvalue weighted by Gasteiger charge is 2.23. The fourth-order valence-corrected chi connectivity index (χ4v) is 2.16. The van der Waals surface area contributed by atoms with E-state index in [0.717, 1.165) is 5.56 Å². The molecule has 0 spiro atoms. The minimum atomic E-state index is -1.12. The summed E-state index contributed by atoms with van der Waals surface area (Å²) in [6.45, 7) is 1.71. The van der Waals surface area contributed by atoms with Gasteiger partial charge in [-0.05, 0) is 24.6 Å². The number of halogens is 2. The summed E-state index contributed by atoms with van der Waals surface area (Å²) in [5.74, 6) is -0.00758.